The number of fused-ring (bicyclic) bond motifs is 1. The highest BCUT2D eigenvalue weighted by atomic mass is 32.1. The van der Waals surface area contributed by atoms with Crippen LogP contribution in [-0.4, -0.2) is 35.2 Å². The first-order chi connectivity index (χ1) is 21.3. The maximum Gasteiger partial charge on any atom is 0.335 e. The Hall–Kier alpha value is -5.61. The molecule has 9 nitrogen and oxygen atoms in total. The van der Waals surface area contributed by atoms with Crippen LogP contribution in [0.5, 0.6) is 5.88 Å². The topological polar surface area (TPSA) is 127 Å². The van der Waals surface area contributed by atoms with Crippen LogP contribution in [0.15, 0.2) is 72.9 Å². The number of carboxylic acids is 1. The van der Waals surface area contributed by atoms with E-state index in [0.717, 1.165) is 34.6 Å². The van der Waals surface area contributed by atoms with E-state index >= 15 is 8.78 Å². The van der Waals surface area contributed by atoms with Crippen molar-refractivity contribution < 1.29 is 27.8 Å². The van der Waals surface area contributed by atoms with Gasteiger partial charge in [-0.15, -0.1) is 5.10 Å². The molecule has 3 aromatic carbocycles. The molecule has 44 heavy (non-hydrogen) atoms. The molecule has 0 atom stereocenters. The number of halogens is 3. The number of imidazole rings is 1. The summed E-state index contributed by atoms with van der Waals surface area (Å²) in [4.78, 5) is 21.2. The predicted octanol–water partition coefficient (Wildman–Crippen LogP) is 6.16. The predicted molar refractivity (Wildman–Crippen MR) is 154 cm³/mol. The van der Waals surface area contributed by atoms with Crippen LogP contribution in [0, 0.1) is 28.8 Å². The van der Waals surface area contributed by atoms with Crippen LogP contribution >= 0.6 is 11.5 Å². The average molecular weight is 613 g/mol. The second-order valence-corrected chi connectivity index (χ2v) is 10.5. The molecular weight excluding hydrogens is 593 g/mol. The Morgan fingerprint density at radius 2 is 1.82 bits per heavy atom. The van der Waals surface area contributed by atoms with Crippen molar-refractivity contribution in [3.8, 4) is 23.2 Å². The van der Waals surface area contributed by atoms with Crippen molar-refractivity contribution in [1.29, 1.82) is 5.26 Å². The summed E-state index contributed by atoms with van der Waals surface area (Å²) >= 11 is 1.16. The molecule has 0 bridgehead atoms. The molecular formula is C31H19F3N6O3S. The number of hydrogen-bond donors (Lipinski definition) is 1. The lowest BCUT2D eigenvalue weighted by atomic mass is 10.0. The Kier molecular flexibility index (Phi) is 7.74. The van der Waals surface area contributed by atoms with Crippen LogP contribution in [-0.2, 0) is 19.6 Å². The van der Waals surface area contributed by atoms with E-state index in [0.29, 0.717) is 16.9 Å². The Morgan fingerprint density at radius 1 is 0.977 bits per heavy atom. The smallest absolute Gasteiger partial charge is 0.335 e. The minimum absolute atomic E-state index is 0.0346. The number of pyridine rings is 1. The van der Waals surface area contributed by atoms with Crippen molar-refractivity contribution in [2.45, 2.75) is 19.6 Å². The molecule has 0 spiro atoms. The second kappa shape index (κ2) is 11.9. The maximum atomic E-state index is 15.5. The van der Waals surface area contributed by atoms with Gasteiger partial charge >= 0.3 is 5.97 Å². The molecule has 6 aromatic rings. The van der Waals surface area contributed by atoms with E-state index in [1.807, 2.05) is 6.07 Å². The van der Waals surface area contributed by atoms with Gasteiger partial charge in [-0.2, -0.15) is 5.26 Å². The zero-order valence-corrected chi connectivity index (χ0v) is 23.4. The highest BCUT2D eigenvalue weighted by Crippen LogP contribution is 2.29. The van der Waals surface area contributed by atoms with Gasteiger partial charge in [-0.3, -0.25) is 0 Å². The van der Waals surface area contributed by atoms with Crippen molar-refractivity contribution in [3.05, 3.63) is 123 Å². The van der Waals surface area contributed by atoms with Gasteiger partial charge in [0.2, 0.25) is 5.88 Å². The van der Waals surface area contributed by atoms with Gasteiger partial charge in [0.1, 0.15) is 29.9 Å². The first-order valence-corrected chi connectivity index (χ1v) is 13.8. The fourth-order valence-corrected chi connectivity index (χ4v) is 5.13. The van der Waals surface area contributed by atoms with E-state index in [2.05, 4.69) is 19.6 Å². The molecule has 218 valence electrons. The molecule has 3 heterocycles. The molecule has 6 rings (SSSR count). The highest BCUT2D eigenvalue weighted by Gasteiger charge is 2.19. The standard InChI is InChI=1S/C31H19F3N6O3S/c32-23-8-17(13-35)4-5-19(23)16-43-30-3-1-2-26(38-30)22-12-24(33)20(9-25(22)34)11-29-37-27-7-6-18(31(41)42)10-28(27)40(29)15-21-14-36-39-44-21/h1-10,12,14H,11,15-16H2,(H,41,42). The lowest BCUT2D eigenvalue weighted by molar-refractivity contribution is 0.0697. The van der Waals surface area contributed by atoms with Gasteiger partial charge in [0.15, 0.2) is 0 Å². The molecule has 0 unspecified atom stereocenters. The number of nitrogens with zero attached hydrogens (tertiary/aromatic N) is 6. The Labute approximate surface area is 251 Å². The van der Waals surface area contributed by atoms with Crippen molar-refractivity contribution in [2.75, 3.05) is 0 Å². The number of aromatic carboxylic acids is 1. The van der Waals surface area contributed by atoms with Gasteiger partial charge in [-0.25, -0.2) is 27.9 Å². The minimum Gasteiger partial charge on any atom is -0.478 e. The monoisotopic (exact) mass is 612 g/mol. The van der Waals surface area contributed by atoms with E-state index in [1.165, 1.54) is 36.4 Å². The third-order valence-electron chi connectivity index (χ3n) is 6.84. The molecule has 0 amide bonds. The minimum atomic E-state index is -1.10. The van der Waals surface area contributed by atoms with Gasteiger partial charge in [-0.05, 0) is 65.6 Å². The SMILES string of the molecule is N#Cc1ccc(COc2cccc(-c3cc(F)c(Cc4nc5ccc(C(=O)O)cc5n4Cc4cnns4)cc3F)n2)c(F)c1. The van der Waals surface area contributed by atoms with Gasteiger partial charge in [-0.1, -0.05) is 16.6 Å². The van der Waals surface area contributed by atoms with E-state index in [-0.39, 0.29) is 59.0 Å². The fraction of sp³-hybridized carbons (Fsp3) is 0.0968. The third kappa shape index (κ3) is 5.83. The van der Waals surface area contributed by atoms with E-state index in [9.17, 15) is 14.3 Å². The molecule has 1 N–H and O–H groups in total. The number of nitriles is 1. The van der Waals surface area contributed by atoms with E-state index < -0.39 is 23.4 Å². The second-order valence-electron chi connectivity index (χ2n) is 9.67. The van der Waals surface area contributed by atoms with E-state index in [1.54, 1.807) is 22.9 Å². The van der Waals surface area contributed by atoms with Crippen LogP contribution in [0.2, 0.25) is 0 Å². The van der Waals surface area contributed by atoms with Gasteiger partial charge in [0.25, 0.3) is 0 Å². The zero-order chi connectivity index (χ0) is 30.8. The first-order valence-electron chi connectivity index (χ1n) is 13.0. The number of carboxylic acid groups (broad SMARTS) is 1. The van der Waals surface area contributed by atoms with Gasteiger partial charge < -0.3 is 14.4 Å². The van der Waals surface area contributed by atoms with Crippen molar-refractivity contribution in [2.24, 2.45) is 0 Å². The number of hydrogen-bond acceptors (Lipinski definition) is 8. The van der Waals surface area contributed by atoms with Crippen LogP contribution in [0.3, 0.4) is 0 Å². The summed E-state index contributed by atoms with van der Waals surface area (Å²) in [6.45, 7) is 0.0775. The van der Waals surface area contributed by atoms with Crippen LogP contribution in [0.4, 0.5) is 13.2 Å². The number of benzene rings is 3. The largest absolute Gasteiger partial charge is 0.478 e. The quantitative estimate of drug-likeness (QED) is 0.206. The summed E-state index contributed by atoms with van der Waals surface area (Å²) in [5.74, 6) is -2.67. The summed E-state index contributed by atoms with van der Waals surface area (Å²) in [6.07, 6.45) is 1.49. The molecule has 0 aliphatic rings. The molecule has 0 saturated carbocycles. The third-order valence-corrected chi connectivity index (χ3v) is 7.48. The van der Waals surface area contributed by atoms with Crippen LogP contribution < -0.4 is 4.74 Å². The summed E-state index contributed by atoms with van der Waals surface area (Å²) in [7, 11) is 0. The van der Waals surface area contributed by atoms with Crippen molar-refractivity contribution >= 4 is 28.5 Å². The molecule has 0 aliphatic carbocycles. The summed E-state index contributed by atoms with van der Waals surface area (Å²) in [5.41, 5.74) is 1.51. The average Bonchev–Trinajstić information content (AvgIpc) is 3.66. The molecule has 0 fully saturated rings. The van der Waals surface area contributed by atoms with Crippen LogP contribution in [0.25, 0.3) is 22.3 Å². The first kappa shape index (κ1) is 28.5. The van der Waals surface area contributed by atoms with Crippen molar-refractivity contribution in [1.82, 2.24) is 24.1 Å². The fourth-order valence-electron chi connectivity index (χ4n) is 4.65. The van der Waals surface area contributed by atoms with Gasteiger partial charge in [0.05, 0.1) is 51.5 Å². The summed E-state index contributed by atoms with van der Waals surface area (Å²) in [5, 5.41) is 22.2. The van der Waals surface area contributed by atoms with Crippen LogP contribution in [0.1, 0.15) is 37.7 Å². The molecule has 3 aromatic heterocycles. The lowest BCUT2D eigenvalue weighted by Gasteiger charge is -2.11. The normalized spacial score (nSPS) is 11.0. The Bertz CT molecular complexity index is 2080. The number of aromatic nitrogens is 5. The number of carbonyl (C=O) groups is 1. The van der Waals surface area contributed by atoms with Crippen molar-refractivity contribution in [3.63, 3.8) is 0 Å². The van der Waals surface area contributed by atoms with Gasteiger partial charge in [0, 0.05) is 23.6 Å². The summed E-state index contributed by atoms with van der Waals surface area (Å²) in [6, 6.07) is 17.0. The van der Waals surface area contributed by atoms with E-state index in [4.69, 9.17) is 10.00 Å². The molecule has 0 saturated heterocycles. The molecule has 13 heteroatoms. The maximum absolute atomic E-state index is 15.5. The summed E-state index contributed by atoms with van der Waals surface area (Å²) < 4.78 is 56.3. The zero-order valence-electron chi connectivity index (χ0n) is 22.5. The molecule has 0 aliphatic heterocycles. The Morgan fingerprint density at radius 3 is 2.57 bits per heavy atom. The number of ether oxygens (including phenoxy) is 1. The molecule has 0 radical (unpaired) electrons. The number of rotatable bonds is 9. The lowest BCUT2D eigenvalue weighted by Crippen LogP contribution is -2.07. The highest BCUT2D eigenvalue weighted by molar-refractivity contribution is 7.05. The Balaban J connectivity index is 1.28.